The number of hydrogen-bond donors (Lipinski definition) is 0. The lowest BCUT2D eigenvalue weighted by Gasteiger charge is -2.18. The number of benzene rings is 2. The monoisotopic (exact) mass is 342 g/mol. The Morgan fingerprint density at radius 3 is 2.09 bits per heavy atom. The van der Waals surface area contributed by atoms with Crippen molar-refractivity contribution in [3.05, 3.63) is 69.7 Å². The van der Waals surface area contributed by atoms with Crippen molar-refractivity contribution in [2.45, 2.75) is 12.3 Å². The van der Waals surface area contributed by atoms with Crippen LogP contribution in [0, 0.1) is 28.6 Å². The summed E-state index contributed by atoms with van der Waals surface area (Å²) in [6.45, 7) is 0. The summed E-state index contributed by atoms with van der Waals surface area (Å²) in [4.78, 5) is 12.6. The van der Waals surface area contributed by atoms with Gasteiger partial charge in [-0.3, -0.25) is 4.79 Å². The summed E-state index contributed by atoms with van der Waals surface area (Å²) < 4.78 is 0. The van der Waals surface area contributed by atoms with Gasteiger partial charge in [0.1, 0.15) is 5.92 Å². The zero-order chi connectivity index (χ0) is 16.8. The Bertz CT molecular complexity index is 791. The first-order chi connectivity index (χ1) is 11.1. The number of nitriles is 2. The molecule has 0 N–H and O–H groups in total. The Morgan fingerprint density at radius 2 is 1.52 bits per heavy atom. The van der Waals surface area contributed by atoms with Gasteiger partial charge in [0, 0.05) is 22.9 Å². The quantitative estimate of drug-likeness (QED) is 0.717. The standard InChI is InChI=1S/C18H12Cl2N2O/c19-16-7-3-1-5-13(16)15(12(10-21)11-22)9-18(23)14-6-2-4-8-17(14)20/h1-8,12,15H,9H2/t15-/m0/s1. The average molecular weight is 343 g/mol. The van der Waals surface area contributed by atoms with Crippen LogP contribution in [0.25, 0.3) is 0 Å². The third kappa shape index (κ3) is 3.90. The van der Waals surface area contributed by atoms with Crippen LogP contribution in [-0.4, -0.2) is 5.78 Å². The molecule has 5 heteroatoms. The maximum absolute atomic E-state index is 12.6. The van der Waals surface area contributed by atoms with Crippen LogP contribution < -0.4 is 0 Å². The minimum Gasteiger partial charge on any atom is -0.294 e. The fraction of sp³-hybridized carbons (Fsp3) is 0.167. The van der Waals surface area contributed by atoms with Gasteiger partial charge in [0.2, 0.25) is 0 Å². The Morgan fingerprint density at radius 1 is 0.957 bits per heavy atom. The van der Waals surface area contributed by atoms with E-state index in [1.54, 1.807) is 48.5 Å². The molecule has 2 aromatic carbocycles. The van der Waals surface area contributed by atoms with Crippen molar-refractivity contribution in [3.8, 4) is 12.1 Å². The number of halogens is 2. The zero-order valence-corrected chi connectivity index (χ0v) is 13.6. The molecule has 0 saturated carbocycles. The molecule has 2 aromatic rings. The second-order valence-corrected chi connectivity index (χ2v) is 5.79. The molecule has 0 unspecified atom stereocenters. The largest absolute Gasteiger partial charge is 0.294 e. The number of carbonyl (C=O) groups is 1. The van der Waals surface area contributed by atoms with Crippen LogP contribution in [0.3, 0.4) is 0 Å². The van der Waals surface area contributed by atoms with Gasteiger partial charge >= 0.3 is 0 Å². The van der Waals surface area contributed by atoms with Gasteiger partial charge in [0.25, 0.3) is 0 Å². The molecule has 114 valence electrons. The lowest BCUT2D eigenvalue weighted by molar-refractivity contribution is 0.0971. The van der Waals surface area contributed by atoms with Crippen molar-refractivity contribution in [3.63, 3.8) is 0 Å². The molecule has 2 rings (SSSR count). The highest BCUT2D eigenvalue weighted by Crippen LogP contribution is 2.34. The van der Waals surface area contributed by atoms with Gasteiger partial charge in [0.15, 0.2) is 5.78 Å². The van der Waals surface area contributed by atoms with Crippen molar-refractivity contribution >= 4 is 29.0 Å². The number of ketones is 1. The molecule has 3 nitrogen and oxygen atoms in total. The lowest BCUT2D eigenvalue weighted by Crippen LogP contribution is -2.15. The maximum atomic E-state index is 12.6. The molecule has 0 bridgehead atoms. The van der Waals surface area contributed by atoms with Crippen molar-refractivity contribution in [1.29, 1.82) is 10.5 Å². The molecule has 0 aliphatic carbocycles. The molecule has 0 spiro atoms. The van der Waals surface area contributed by atoms with E-state index in [9.17, 15) is 15.3 Å². The summed E-state index contributed by atoms with van der Waals surface area (Å²) in [6.07, 6.45) is -0.0146. The topological polar surface area (TPSA) is 64.7 Å². The normalized spacial score (nSPS) is 11.5. The van der Waals surface area contributed by atoms with Crippen LogP contribution in [0.2, 0.25) is 10.0 Å². The summed E-state index contributed by atoms with van der Waals surface area (Å²) in [5.74, 6) is -1.81. The molecule has 0 heterocycles. The third-order valence-electron chi connectivity index (χ3n) is 3.56. The first kappa shape index (κ1) is 17.0. The van der Waals surface area contributed by atoms with Crippen molar-refractivity contribution in [1.82, 2.24) is 0 Å². The van der Waals surface area contributed by atoms with Crippen LogP contribution >= 0.6 is 23.2 Å². The lowest BCUT2D eigenvalue weighted by atomic mass is 9.82. The second-order valence-electron chi connectivity index (χ2n) is 4.97. The Balaban J connectivity index is 2.39. The molecule has 0 aliphatic heterocycles. The van der Waals surface area contributed by atoms with Crippen LogP contribution in [0.15, 0.2) is 48.5 Å². The smallest absolute Gasteiger partial charge is 0.165 e. The number of nitrogens with zero attached hydrogens (tertiary/aromatic N) is 2. The van der Waals surface area contributed by atoms with Crippen LogP contribution in [-0.2, 0) is 0 Å². The molecule has 1 atom stereocenters. The fourth-order valence-electron chi connectivity index (χ4n) is 2.39. The molecule has 0 aromatic heterocycles. The van der Waals surface area contributed by atoms with Gasteiger partial charge < -0.3 is 0 Å². The molecular formula is C18H12Cl2N2O. The molecular weight excluding hydrogens is 331 g/mol. The van der Waals surface area contributed by atoms with Gasteiger partial charge in [-0.25, -0.2) is 0 Å². The minimum absolute atomic E-state index is 0.0146. The SMILES string of the molecule is N#CC(C#N)[C@H](CC(=O)c1ccccc1Cl)c1ccccc1Cl. The van der Waals surface area contributed by atoms with Crippen molar-refractivity contribution < 1.29 is 4.79 Å². The Kier molecular flexibility index (Phi) is 5.77. The van der Waals surface area contributed by atoms with E-state index in [2.05, 4.69) is 0 Å². The number of hydrogen-bond acceptors (Lipinski definition) is 3. The van der Waals surface area contributed by atoms with E-state index in [1.165, 1.54) is 0 Å². The molecule has 0 fully saturated rings. The summed E-state index contributed by atoms with van der Waals surface area (Å²) in [7, 11) is 0. The Labute approximate surface area is 144 Å². The molecule has 0 saturated heterocycles. The van der Waals surface area contributed by atoms with Crippen molar-refractivity contribution in [2.24, 2.45) is 5.92 Å². The predicted molar refractivity (Wildman–Crippen MR) is 89.3 cm³/mol. The molecule has 23 heavy (non-hydrogen) atoms. The Hall–Kier alpha value is -2.33. The van der Waals surface area contributed by atoms with Gasteiger partial charge in [-0.05, 0) is 23.8 Å². The highest BCUT2D eigenvalue weighted by molar-refractivity contribution is 6.34. The summed E-state index contributed by atoms with van der Waals surface area (Å²) in [5.41, 5.74) is 0.989. The molecule has 0 amide bonds. The summed E-state index contributed by atoms with van der Waals surface area (Å²) >= 11 is 12.2. The number of rotatable bonds is 5. The summed E-state index contributed by atoms with van der Waals surface area (Å²) in [5, 5.41) is 19.2. The third-order valence-corrected chi connectivity index (χ3v) is 4.24. The highest BCUT2D eigenvalue weighted by Gasteiger charge is 2.28. The van der Waals surface area contributed by atoms with Crippen LogP contribution in [0.4, 0.5) is 0 Å². The van der Waals surface area contributed by atoms with E-state index < -0.39 is 11.8 Å². The average Bonchev–Trinajstić information content (AvgIpc) is 2.56. The molecule has 0 radical (unpaired) electrons. The van der Waals surface area contributed by atoms with Crippen LogP contribution in [0.1, 0.15) is 28.3 Å². The zero-order valence-electron chi connectivity index (χ0n) is 12.0. The second kappa shape index (κ2) is 7.79. The highest BCUT2D eigenvalue weighted by atomic mass is 35.5. The molecule has 0 aliphatic rings. The predicted octanol–water partition coefficient (Wildman–Crippen LogP) is 5.01. The van der Waals surface area contributed by atoms with Crippen molar-refractivity contribution in [2.75, 3.05) is 0 Å². The van der Waals surface area contributed by atoms with Gasteiger partial charge in [-0.2, -0.15) is 10.5 Å². The van der Waals surface area contributed by atoms with E-state index in [0.29, 0.717) is 21.2 Å². The van der Waals surface area contributed by atoms with E-state index in [1.807, 2.05) is 12.1 Å². The van der Waals surface area contributed by atoms with E-state index in [0.717, 1.165) is 0 Å². The minimum atomic E-state index is -0.971. The van der Waals surface area contributed by atoms with E-state index >= 15 is 0 Å². The maximum Gasteiger partial charge on any atom is 0.165 e. The van der Waals surface area contributed by atoms with Gasteiger partial charge in [-0.1, -0.05) is 53.5 Å². The summed E-state index contributed by atoms with van der Waals surface area (Å²) in [6, 6.07) is 17.5. The fourth-order valence-corrected chi connectivity index (χ4v) is 2.91. The van der Waals surface area contributed by atoms with E-state index in [-0.39, 0.29) is 12.2 Å². The van der Waals surface area contributed by atoms with Gasteiger partial charge in [0.05, 0.1) is 17.2 Å². The van der Waals surface area contributed by atoms with Crippen LogP contribution in [0.5, 0.6) is 0 Å². The van der Waals surface area contributed by atoms with Gasteiger partial charge in [-0.15, -0.1) is 0 Å². The first-order valence-corrected chi connectivity index (χ1v) is 7.65. The first-order valence-electron chi connectivity index (χ1n) is 6.90. The van der Waals surface area contributed by atoms with E-state index in [4.69, 9.17) is 23.2 Å². The number of Topliss-reactive ketones (excluding diaryl/α,β-unsaturated/α-hetero) is 1. The number of carbonyl (C=O) groups excluding carboxylic acids is 1.